The fraction of sp³-hybridized carbons (Fsp3) is 0.130. The van der Waals surface area contributed by atoms with Gasteiger partial charge in [-0.1, -0.05) is 54.6 Å². The molecule has 4 rings (SSSR count). The van der Waals surface area contributed by atoms with Gasteiger partial charge in [0.05, 0.1) is 5.69 Å². The van der Waals surface area contributed by atoms with Gasteiger partial charge in [0.15, 0.2) is 0 Å². The Hall–Kier alpha value is -3.00. The lowest BCUT2D eigenvalue weighted by Crippen LogP contribution is -2.04. The van der Waals surface area contributed by atoms with Crippen LogP contribution in [0.25, 0.3) is 11.3 Å². The summed E-state index contributed by atoms with van der Waals surface area (Å²) in [6, 6.07) is 23.0. The second-order valence-electron chi connectivity index (χ2n) is 6.41. The molecule has 2 aromatic carbocycles. The maximum atomic E-state index is 4.71. The van der Waals surface area contributed by atoms with E-state index in [9.17, 15) is 0 Å². The Morgan fingerprint density at radius 3 is 2.60 bits per heavy atom. The number of aliphatic imine (C=N–C) groups is 1. The molecule has 0 atom stereocenters. The van der Waals surface area contributed by atoms with E-state index in [0.717, 1.165) is 18.5 Å². The van der Waals surface area contributed by atoms with Crippen LogP contribution in [0.2, 0.25) is 0 Å². The summed E-state index contributed by atoms with van der Waals surface area (Å²) < 4.78 is 0. The van der Waals surface area contributed by atoms with Crippen molar-refractivity contribution >= 4 is 6.21 Å². The van der Waals surface area contributed by atoms with Crippen LogP contribution in [0.1, 0.15) is 23.6 Å². The first-order valence-electron chi connectivity index (χ1n) is 8.61. The summed E-state index contributed by atoms with van der Waals surface area (Å²) in [6.45, 7) is 2.19. The average Bonchev–Trinajstić information content (AvgIpc) is 2.68. The lowest BCUT2D eigenvalue weighted by atomic mass is 9.94. The number of nitrogens with zero attached hydrogens (tertiary/aromatic N) is 2. The van der Waals surface area contributed by atoms with Gasteiger partial charge in [0.2, 0.25) is 0 Å². The Kier molecular flexibility index (Phi) is 4.26. The lowest BCUT2D eigenvalue weighted by molar-refractivity contribution is 0.994. The molecule has 0 spiro atoms. The van der Waals surface area contributed by atoms with Crippen molar-refractivity contribution in [1.82, 2.24) is 4.98 Å². The molecule has 122 valence electrons. The van der Waals surface area contributed by atoms with Gasteiger partial charge in [-0.3, -0.25) is 9.98 Å². The van der Waals surface area contributed by atoms with Gasteiger partial charge in [0.1, 0.15) is 0 Å². The van der Waals surface area contributed by atoms with Gasteiger partial charge in [-0.2, -0.15) is 0 Å². The predicted molar refractivity (Wildman–Crippen MR) is 104 cm³/mol. The molecule has 0 unspecified atom stereocenters. The molecule has 0 bridgehead atoms. The Bertz CT molecular complexity index is 953. The highest BCUT2D eigenvalue weighted by Gasteiger charge is 2.13. The number of aromatic nitrogens is 1. The van der Waals surface area contributed by atoms with Crippen molar-refractivity contribution in [1.29, 1.82) is 0 Å². The van der Waals surface area contributed by atoms with Crippen molar-refractivity contribution in [3.8, 4) is 11.3 Å². The van der Waals surface area contributed by atoms with E-state index >= 15 is 0 Å². The molecule has 0 amide bonds. The molecule has 1 aromatic heterocycles. The average molecular weight is 324 g/mol. The Morgan fingerprint density at radius 1 is 0.920 bits per heavy atom. The van der Waals surface area contributed by atoms with E-state index in [1.807, 2.05) is 24.5 Å². The second-order valence-corrected chi connectivity index (χ2v) is 6.41. The van der Waals surface area contributed by atoms with Crippen LogP contribution in [0.3, 0.4) is 0 Å². The molecule has 2 heteroatoms. The number of rotatable bonds is 3. The van der Waals surface area contributed by atoms with Gasteiger partial charge < -0.3 is 0 Å². The summed E-state index contributed by atoms with van der Waals surface area (Å²) in [5.41, 5.74) is 8.58. The summed E-state index contributed by atoms with van der Waals surface area (Å²) >= 11 is 0. The first-order chi connectivity index (χ1) is 12.3. The van der Waals surface area contributed by atoms with E-state index in [1.54, 1.807) is 0 Å². The number of fused-ring (bicyclic) bond motifs is 1. The van der Waals surface area contributed by atoms with Crippen LogP contribution < -0.4 is 0 Å². The molecule has 0 saturated carbocycles. The lowest BCUT2D eigenvalue weighted by Gasteiger charge is -2.16. The van der Waals surface area contributed by atoms with Gasteiger partial charge in [0.25, 0.3) is 0 Å². The molecule has 25 heavy (non-hydrogen) atoms. The van der Waals surface area contributed by atoms with Gasteiger partial charge in [-0.05, 0) is 47.7 Å². The van der Waals surface area contributed by atoms with E-state index in [0.29, 0.717) is 0 Å². The number of allylic oxidation sites excluding steroid dienone is 2. The standard InChI is InChI=1S/C23H20N2/c1-17(23-15-18-8-2-3-10-20(18)16-25-23)14-19-9-4-5-11-21(19)22-12-6-7-13-24-22/h2-13,16H,14-15H2,1H3/b23-17-. The number of hydrogen-bond donors (Lipinski definition) is 0. The zero-order chi connectivity index (χ0) is 17.1. The summed E-state index contributed by atoms with van der Waals surface area (Å²) in [5.74, 6) is 0. The monoisotopic (exact) mass is 324 g/mol. The minimum absolute atomic E-state index is 0.890. The van der Waals surface area contributed by atoms with Crippen molar-refractivity contribution in [3.05, 3.63) is 101 Å². The van der Waals surface area contributed by atoms with Crippen molar-refractivity contribution < 1.29 is 0 Å². The minimum atomic E-state index is 0.890. The topological polar surface area (TPSA) is 25.2 Å². The van der Waals surface area contributed by atoms with Gasteiger partial charge in [0, 0.05) is 30.1 Å². The summed E-state index contributed by atoms with van der Waals surface area (Å²) in [6.07, 6.45) is 5.63. The molecule has 0 radical (unpaired) electrons. The normalized spacial score (nSPS) is 14.9. The molecule has 0 N–H and O–H groups in total. The molecule has 2 heterocycles. The van der Waals surface area contributed by atoms with Crippen LogP contribution in [-0.2, 0) is 12.8 Å². The third-order valence-electron chi connectivity index (χ3n) is 4.68. The molecular weight excluding hydrogens is 304 g/mol. The molecule has 0 fully saturated rings. The van der Waals surface area contributed by atoms with Gasteiger partial charge in [-0.25, -0.2) is 0 Å². The van der Waals surface area contributed by atoms with Crippen LogP contribution >= 0.6 is 0 Å². The van der Waals surface area contributed by atoms with Crippen LogP contribution in [0.4, 0.5) is 0 Å². The third kappa shape index (κ3) is 3.29. The highest BCUT2D eigenvalue weighted by atomic mass is 14.7. The van der Waals surface area contributed by atoms with E-state index < -0.39 is 0 Å². The molecule has 1 aliphatic heterocycles. The smallest absolute Gasteiger partial charge is 0.0704 e. The first kappa shape index (κ1) is 15.5. The molecule has 3 aromatic rings. The van der Waals surface area contributed by atoms with Gasteiger partial charge in [-0.15, -0.1) is 0 Å². The highest BCUT2D eigenvalue weighted by Crippen LogP contribution is 2.27. The van der Waals surface area contributed by atoms with Crippen LogP contribution in [0, 0.1) is 0 Å². The van der Waals surface area contributed by atoms with Crippen molar-refractivity contribution in [2.24, 2.45) is 4.99 Å². The number of pyridine rings is 1. The molecular formula is C23H20N2. The van der Waals surface area contributed by atoms with Crippen LogP contribution in [-0.4, -0.2) is 11.2 Å². The Labute approximate surface area is 148 Å². The number of hydrogen-bond acceptors (Lipinski definition) is 2. The summed E-state index contributed by atoms with van der Waals surface area (Å²) in [7, 11) is 0. The largest absolute Gasteiger partial charge is 0.260 e. The van der Waals surface area contributed by atoms with Crippen molar-refractivity contribution in [2.75, 3.05) is 0 Å². The maximum absolute atomic E-state index is 4.71. The zero-order valence-electron chi connectivity index (χ0n) is 14.3. The number of benzene rings is 2. The maximum Gasteiger partial charge on any atom is 0.0704 e. The fourth-order valence-electron chi connectivity index (χ4n) is 3.29. The van der Waals surface area contributed by atoms with E-state index in [1.165, 1.54) is 33.5 Å². The van der Waals surface area contributed by atoms with Crippen LogP contribution in [0.5, 0.6) is 0 Å². The third-order valence-corrected chi connectivity index (χ3v) is 4.68. The SMILES string of the molecule is C/C(Cc1ccccc1-c1ccccn1)=C1\Cc2ccccc2C=N1. The summed E-state index contributed by atoms with van der Waals surface area (Å²) in [5, 5.41) is 0. The molecule has 0 aliphatic carbocycles. The van der Waals surface area contributed by atoms with Crippen LogP contribution in [0.15, 0.2) is 89.2 Å². The predicted octanol–water partition coefficient (Wildman–Crippen LogP) is 5.24. The zero-order valence-corrected chi connectivity index (χ0v) is 14.3. The van der Waals surface area contributed by atoms with Crippen molar-refractivity contribution in [3.63, 3.8) is 0 Å². The fourth-order valence-corrected chi connectivity index (χ4v) is 3.29. The molecule has 2 nitrogen and oxygen atoms in total. The van der Waals surface area contributed by atoms with E-state index in [4.69, 9.17) is 4.99 Å². The first-order valence-corrected chi connectivity index (χ1v) is 8.61. The summed E-state index contributed by atoms with van der Waals surface area (Å²) in [4.78, 5) is 9.22. The van der Waals surface area contributed by atoms with Gasteiger partial charge >= 0.3 is 0 Å². The molecule has 0 saturated heterocycles. The second kappa shape index (κ2) is 6.86. The van der Waals surface area contributed by atoms with Crippen molar-refractivity contribution in [2.45, 2.75) is 19.8 Å². The Morgan fingerprint density at radius 2 is 1.72 bits per heavy atom. The molecule has 1 aliphatic rings. The quantitative estimate of drug-likeness (QED) is 0.647. The van der Waals surface area contributed by atoms with E-state index in [2.05, 4.69) is 66.5 Å². The van der Waals surface area contributed by atoms with E-state index in [-0.39, 0.29) is 0 Å². The highest BCUT2D eigenvalue weighted by molar-refractivity contribution is 5.84. The Balaban J connectivity index is 1.66. The minimum Gasteiger partial charge on any atom is -0.260 e.